The molecule has 7 heteroatoms. The van der Waals surface area contributed by atoms with Gasteiger partial charge in [-0.05, 0) is 48.4 Å². The van der Waals surface area contributed by atoms with Crippen molar-refractivity contribution in [2.75, 3.05) is 70.6 Å². The maximum absolute atomic E-state index is 13.4. The Labute approximate surface area is 184 Å². The molecule has 1 amide bonds. The fraction of sp³-hybridized carbons (Fsp3) is 0.500. The lowest BCUT2D eigenvalue weighted by molar-refractivity contribution is 0.0355. The summed E-state index contributed by atoms with van der Waals surface area (Å²) >= 11 is 0. The molecule has 2 aliphatic rings. The first-order valence-electron chi connectivity index (χ1n) is 11.2. The molecule has 3 heterocycles. The standard InChI is InChI=1S/C24H32N4O3/c29-24(22-2-4-23(5-3-22)27-14-18-31-19-15-27)28(20-21-6-8-25-9-7-21)11-1-10-26-12-16-30-17-13-26/h2-9H,1,10-20H2. The molecular formula is C24H32N4O3. The predicted molar refractivity (Wildman–Crippen MR) is 120 cm³/mol. The lowest BCUT2D eigenvalue weighted by atomic mass is 10.1. The van der Waals surface area contributed by atoms with Crippen LogP contribution >= 0.6 is 0 Å². The molecule has 7 nitrogen and oxygen atoms in total. The first-order chi connectivity index (χ1) is 15.3. The Morgan fingerprint density at radius 1 is 0.903 bits per heavy atom. The zero-order valence-electron chi connectivity index (χ0n) is 18.1. The Kier molecular flexibility index (Phi) is 7.87. The van der Waals surface area contributed by atoms with Gasteiger partial charge in [-0.2, -0.15) is 0 Å². The number of carbonyl (C=O) groups excluding carboxylic acids is 1. The number of aromatic nitrogens is 1. The Morgan fingerprint density at radius 3 is 2.23 bits per heavy atom. The van der Waals surface area contributed by atoms with Crippen LogP contribution in [0.25, 0.3) is 0 Å². The van der Waals surface area contributed by atoms with Gasteiger partial charge in [-0.25, -0.2) is 0 Å². The van der Waals surface area contributed by atoms with Crippen LogP contribution in [0.3, 0.4) is 0 Å². The number of benzene rings is 1. The van der Waals surface area contributed by atoms with Crippen LogP contribution < -0.4 is 4.90 Å². The second-order valence-electron chi connectivity index (χ2n) is 8.04. The fourth-order valence-corrected chi connectivity index (χ4v) is 4.09. The number of nitrogens with zero attached hydrogens (tertiary/aromatic N) is 4. The van der Waals surface area contributed by atoms with Gasteiger partial charge in [0.15, 0.2) is 0 Å². The number of rotatable bonds is 8. The van der Waals surface area contributed by atoms with Gasteiger partial charge in [0.05, 0.1) is 26.4 Å². The summed E-state index contributed by atoms with van der Waals surface area (Å²) in [6, 6.07) is 12.0. The number of amides is 1. The number of pyridine rings is 1. The molecule has 1 aromatic heterocycles. The Balaban J connectivity index is 1.40. The topological polar surface area (TPSA) is 58.1 Å². The van der Waals surface area contributed by atoms with Crippen LogP contribution in [0.15, 0.2) is 48.8 Å². The minimum absolute atomic E-state index is 0.0762. The van der Waals surface area contributed by atoms with Crippen LogP contribution in [0.5, 0.6) is 0 Å². The first-order valence-corrected chi connectivity index (χ1v) is 11.2. The Bertz CT molecular complexity index is 803. The van der Waals surface area contributed by atoms with E-state index in [0.29, 0.717) is 6.54 Å². The summed E-state index contributed by atoms with van der Waals surface area (Å²) in [6.07, 6.45) is 4.51. The van der Waals surface area contributed by atoms with Gasteiger partial charge < -0.3 is 19.3 Å². The van der Waals surface area contributed by atoms with Crippen molar-refractivity contribution in [3.05, 3.63) is 59.9 Å². The maximum Gasteiger partial charge on any atom is 0.254 e. The average Bonchev–Trinajstić information content (AvgIpc) is 2.85. The highest BCUT2D eigenvalue weighted by Gasteiger charge is 2.18. The van der Waals surface area contributed by atoms with Crippen molar-refractivity contribution in [3.8, 4) is 0 Å². The Morgan fingerprint density at radius 2 is 1.55 bits per heavy atom. The van der Waals surface area contributed by atoms with Gasteiger partial charge in [-0.3, -0.25) is 14.7 Å². The third-order valence-electron chi connectivity index (χ3n) is 5.91. The summed E-state index contributed by atoms with van der Waals surface area (Å²) in [5.41, 5.74) is 2.98. The van der Waals surface area contributed by atoms with E-state index in [1.54, 1.807) is 12.4 Å². The van der Waals surface area contributed by atoms with E-state index < -0.39 is 0 Å². The first kappa shape index (κ1) is 21.7. The third-order valence-corrected chi connectivity index (χ3v) is 5.91. The molecule has 2 aliphatic heterocycles. The van der Waals surface area contributed by atoms with Crippen LogP contribution in [-0.4, -0.2) is 86.4 Å². The second kappa shape index (κ2) is 11.2. The van der Waals surface area contributed by atoms with E-state index in [9.17, 15) is 4.79 Å². The molecule has 0 saturated carbocycles. The van der Waals surface area contributed by atoms with Gasteiger partial charge in [0.1, 0.15) is 0 Å². The molecule has 0 spiro atoms. The van der Waals surface area contributed by atoms with E-state index in [2.05, 4.69) is 26.9 Å². The predicted octanol–water partition coefficient (Wildman–Crippen LogP) is 2.28. The largest absolute Gasteiger partial charge is 0.379 e. The number of anilines is 1. The quantitative estimate of drug-likeness (QED) is 0.648. The van der Waals surface area contributed by atoms with Gasteiger partial charge in [-0.1, -0.05) is 0 Å². The molecule has 0 unspecified atom stereocenters. The molecule has 0 radical (unpaired) electrons. The van der Waals surface area contributed by atoms with Crippen molar-refractivity contribution in [3.63, 3.8) is 0 Å². The molecule has 2 aromatic rings. The number of hydrogen-bond acceptors (Lipinski definition) is 6. The summed E-state index contributed by atoms with van der Waals surface area (Å²) in [4.78, 5) is 24.1. The highest BCUT2D eigenvalue weighted by Crippen LogP contribution is 2.18. The van der Waals surface area contributed by atoms with E-state index in [1.807, 2.05) is 29.2 Å². The van der Waals surface area contributed by atoms with Crippen molar-refractivity contribution in [1.29, 1.82) is 0 Å². The summed E-state index contributed by atoms with van der Waals surface area (Å²) < 4.78 is 10.9. The van der Waals surface area contributed by atoms with Crippen molar-refractivity contribution >= 4 is 11.6 Å². The van der Waals surface area contributed by atoms with Crippen LogP contribution in [0.2, 0.25) is 0 Å². The minimum atomic E-state index is 0.0762. The molecule has 166 valence electrons. The maximum atomic E-state index is 13.4. The number of morpholine rings is 2. The lowest BCUT2D eigenvalue weighted by Gasteiger charge is -2.29. The van der Waals surface area contributed by atoms with E-state index in [-0.39, 0.29) is 5.91 Å². The molecule has 0 bridgehead atoms. The van der Waals surface area contributed by atoms with Crippen molar-refractivity contribution < 1.29 is 14.3 Å². The van der Waals surface area contributed by atoms with Gasteiger partial charge in [0, 0.05) is 69.5 Å². The van der Waals surface area contributed by atoms with Gasteiger partial charge >= 0.3 is 0 Å². The second-order valence-corrected chi connectivity index (χ2v) is 8.04. The van der Waals surface area contributed by atoms with Crippen molar-refractivity contribution in [2.45, 2.75) is 13.0 Å². The summed E-state index contributed by atoms with van der Waals surface area (Å²) in [5.74, 6) is 0.0762. The Hall–Kier alpha value is -2.48. The third kappa shape index (κ3) is 6.26. The SMILES string of the molecule is O=C(c1ccc(N2CCOCC2)cc1)N(CCCN1CCOCC1)Cc1ccncc1. The zero-order valence-corrected chi connectivity index (χ0v) is 18.1. The zero-order chi connectivity index (χ0) is 21.3. The molecule has 31 heavy (non-hydrogen) atoms. The van der Waals surface area contributed by atoms with E-state index in [1.165, 1.54) is 0 Å². The van der Waals surface area contributed by atoms with Gasteiger partial charge in [0.25, 0.3) is 5.91 Å². The minimum Gasteiger partial charge on any atom is -0.379 e. The van der Waals surface area contributed by atoms with Gasteiger partial charge in [0.2, 0.25) is 0 Å². The molecule has 2 fully saturated rings. The number of carbonyl (C=O) groups is 1. The summed E-state index contributed by atoms with van der Waals surface area (Å²) in [7, 11) is 0. The van der Waals surface area contributed by atoms with E-state index in [0.717, 1.165) is 88.9 Å². The summed E-state index contributed by atoms with van der Waals surface area (Å²) in [5, 5.41) is 0. The normalized spacial score (nSPS) is 17.5. The monoisotopic (exact) mass is 424 g/mol. The highest BCUT2D eigenvalue weighted by molar-refractivity contribution is 5.94. The van der Waals surface area contributed by atoms with Crippen LogP contribution in [0.4, 0.5) is 5.69 Å². The average molecular weight is 425 g/mol. The molecule has 2 saturated heterocycles. The molecule has 0 N–H and O–H groups in total. The van der Waals surface area contributed by atoms with Crippen LogP contribution in [0, 0.1) is 0 Å². The highest BCUT2D eigenvalue weighted by atomic mass is 16.5. The fourth-order valence-electron chi connectivity index (χ4n) is 4.09. The van der Waals surface area contributed by atoms with E-state index >= 15 is 0 Å². The van der Waals surface area contributed by atoms with Crippen LogP contribution in [-0.2, 0) is 16.0 Å². The molecule has 4 rings (SSSR count). The summed E-state index contributed by atoms with van der Waals surface area (Å²) in [6.45, 7) is 9.14. The molecule has 0 atom stereocenters. The lowest BCUT2D eigenvalue weighted by Crippen LogP contribution is -2.39. The van der Waals surface area contributed by atoms with Gasteiger partial charge in [-0.15, -0.1) is 0 Å². The molecule has 0 aliphatic carbocycles. The number of hydrogen-bond donors (Lipinski definition) is 0. The van der Waals surface area contributed by atoms with Crippen molar-refractivity contribution in [2.24, 2.45) is 0 Å². The molecule has 1 aromatic carbocycles. The smallest absolute Gasteiger partial charge is 0.254 e. The van der Waals surface area contributed by atoms with E-state index in [4.69, 9.17) is 9.47 Å². The van der Waals surface area contributed by atoms with Crippen molar-refractivity contribution in [1.82, 2.24) is 14.8 Å². The number of ether oxygens (including phenoxy) is 2. The van der Waals surface area contributed by atoms with Crippen LogP contribution in [0.1, 0.15) is 22.3 Å². The molecular weight excluding hydrogens is 392 g/mol.